The number of rotatable bonds is 3. The van der Waals surface area contributed by atoms with E-state index in [1.165, 1.54) is 0 Å². The van der Waals surface area contributed by atoms with Crippen LogP contribution >= 0.6 is 0 Å². The van der Waals surface area contributed by atoms with Crippen molar-refractivity contribution in [2.45, 2.75) is 27.7 Å². The molecule has 0 saturated heterocycles. The molecule has 3 rings (SSSR count). The number of carbonyl (C=O) groups excluding carboxylic acids is 2. The molecule has 0 fully saturated rings. The summed E-state index contributed by atoms with van der Waals surface area (Å²) < 4.78 is 4.69. The van der Waals surface area contributed by atoms with Crippen molar-refractivity contribution in [3.8, 4) is 23.0 Å². The molecule has 4 N–H and O–H groups in total. The zero-order valence-corrected chi connectivity index (χ0v) is 17.3. The van der Waals surface area contributed by atoms with E-state index in [4.69, 9.17) is 10.5 Å². The fourth-order valence-electron chi connectivity index (χ4n) is 2.70. The topological polar surface area (TPSA) is 123 Å². The number of aromatic amines is 1. The van der Waals surface area contributed by atoms with E-state index in [1.54, 1.807) is 25.3 Å². The first-order chi connectivity index (χ1) is 14.2. The van der Waals surface area contributed by atoms with Crippen LogP contribution in [0.2, 0.25) is 0 Å². The predicted molar refractivity (Wildman–Crippen MR) is 115 cm³/mol. The van der Waals surface area contributed by atoms with Crippen LogP contribution in [0.3, 0.4) is 0 Å². The van der Waals surface area contributed by atoms with Gasteiger partial charge in [0.25, 0.3) is 0 Å². The van der Waals surface area contributed by atoms with Gasteiger partial charge in [0.1, 0.15) is 5.82 Å². The number of nitrogens with zero attached hydrogens (tertiary/aromatic N) is 2. The van der Waals surface area contributed by atoms with Crippen molar-refractivity contribution >= 4 is 34.4 Å². The Morgan fingerprint density at radius 1 is 1.23 bits per heavy atom. The third-order valence-corrected chi connectivity index (χ3v) is 4.07. The Hall–Kier alpha value is -3.86. The van der Waals surface area contributed by atoms with E-state index in [9.17, 15) is 9.59 Å². The molecular formula is C22H23N5O3. The summed E-state index contributed by atoms with van der Waals surface area (Å²) in [6, 6.07) is 7.27. The fourth-order valence-corrected chi connectivity index (χ4v) is 2.70. The molecule has 0 bridgehead atoms. The van der Waals surface area contributed by atoms with Gasteiger partial charge in [0, 0.05) is 17.0 Å². The highest BCUT2D eigenvalue weighted by molar-refractivity contribution is 6.37. The Bertz CT molecular complexity index is 1180. The number of amides is 1. The number of esters is 1. The standard InChI is InChI=1S/C22H23N5O3/c1-5-30-21(29)20(28)25-17-12-13(7-9-24-17)15-10-14(6-8-22(2,3)4)18-16(11-15)19(23)27-26-18/h7,9-12H,5H2,1-4H3,(H3,23,26,27)(H,24,25,28). The maximum atomic E-state index is 11.9. The molecule has 0 unspecified atom stereocenters. The predicted octanol–water partition coefficient (Wildman–Crippen LogP) is 3.11. The van der Waals surface area contributed by atoms with Crippen molar-refractivity contribution in [1.29, 1.82) is 0 Å². The van der Waals surface area contributed by atoms with Crippen LogP contribution in [0, 0.1) is 17.3 Å². The molecule has 3 aromatic rings. The second-order valence-electron chi connectivity index (χ2n) is 7.66. The molecule has 8 nitrogen and oxygen atoms in total. The van der Waals surface area contributed by atoms with E-state index in [0.29, 0.717) is 5.82 Å². The van der Waals surface area contributed by atoms with Crippen molar-refractivity contribution < 1.29 is 14.3 Å². The van der Waals surface area contributed by atoms with Gasteiger partial charge in [-0.25, -0.2) is 9.78 Å². The molecule has 2 heterocycles. The lowest BCUT2D eigenvalue weighted by molar-refractivity contribution is -0.152. The molecule has 1 amide bonds. The van der Waals surface area contributed by atoms with Gasteiger partial charge < -0.3 is 15.8 Å². The Balaban J connectivity index is 2.02. The first kappa shape index (κ1) is 20.9. The zero-order chi connectivity index (χ0) is 21.9. The number of anilines is 2. The number of pyridine rings is 1. The number of aromatic nitrogens is 3. The van der Waals surface area contributed by atoms with E-state index in [1.807, 2.05) is 32.9 Å². The summed E-state index contributed by atoms with van der Waals surface area (Å²) in [5, 5.41) is 10.2. The zero-order valence-electron chi connectivity index (χ0n) is 17.3. The molecule has 154 valence electrons. The van der Waals surface area contributed by atoms with Crippen LogP contribution in [-0.2, 0) is 14.3 Å². The summed E-state index contributed by atoms with van der Waals surface area (Å²) >= 11 is 0. The van der Waals surface area contributed by atoms with Crippen LogP contribution in [-0.4, -0.2) is 33.7 Å². The highest BCUT2D eigenvalue weighted by Gasteiger charge is 2.16. The molecule has 0 saturated carbocycles. The minimum Gasteiger partial charge on any atom is -0.459 e. The Morgan fingerprint density at radius 2 is 2.00 bits per heavy atom. The lowest BCUT2D eigenvalue weighted by Gasteiger charge is -2.09. The summed E-state index contributed by atoms with van der Waals surface area (Å²) in [6.45, 7) is 7.84. The molecule has 0 aliphatic carbocycles. The summed E-state index contributed by atoms with van der Waals surface area (Å²) in [5.74, 6) is 5.18. The monoisotopic (exact) mass is 405 g/mol. The van der Waals surface area contributed by atoms with Crippen molar-refractivity contribution in [3.05, 3.63) is 36.0 Å². The number of carbonyl (C=O) groups is 2. The molecule has 1 aromatic carbocycles. The second-order valence-corrected chi connectivity index (χ2v) is 7.66. The number of ether oxygens (including phenoxy) is 1. The van der Waals surface area contributed by atoms with Crippen molar-refractivity contribution in [2.24, 2.45) is 5.41 Å². The summed E-state index contributed by atoms with van der Waals surface area (Å²) in [5.41, 5.74) is 8.96. The van der Waals surface area contributed by atoms with Gasteiger partial charge in [-0.1, -0.05) is 11.8 Å². The van der Waals surface area contributed by atoms with Crippen LogP contribution in [0.4, 0.5) is 11.6 Å². The molecular weight excluding hydrogens is 382 g/mol. The summed E-state index contributed by atoms with van der Waals surface area (Å²) in [4.78, 5) is 27.5. The smallest absolute Gasteiger partial charge is 0.397 e. The maximum absolute atomic E-state index is 11.9. The Labute approximate surface area is 174 Å². The van der Waals surface area contributed by atoms with Gasteiger partial charge in [-0.05, 0) is 63.1 Å². The van der Waals surface area contributed by atoms with E-state index in [2.05, 4.69) is 32.3 Å². The van der Waals surface area contributed by atoms with Gasteiger partial charge >= 0.3 is 11.9 Å². The molecule has 0 aliphatic heterocycles. The minimum atomic E-state index is -0.961. The lowest BCUT2D eigenvalue weighted by Crippen LogP contribution is -2.25. The number of H-pyrrole nitrogens is 1. The summed E-state index contributed by atoms with van der Waals surface area (Å²) in [7, 11) is 0. The van der Waals surface area contributed by atoms with Gasteiger partial charge in [-0.2, -0.15) is 5.10 Å². The average molecular weight is 405 g/mol. The highest BCUT2D eigenvalue weighted by Crippen LogP contribution is 2.30. The quantitative estimate of drug-likeness (QED) is 0.349. The number of hydrogen-bond donors (Lipinski definition) is 3. The number of hydrogen-bond acceptors (Lipinski definition) is 6. The number of benzene rings is 1. The first-order valence-electron chi connectivity index (χ1n) is 9.43. The number of fused-ring (bicyclic) bond motifs is 1. The van der Waals surface area contributed by atoms with Crippen LogP contribution in [0.15, 0.2) is 30.5 Å². The average Bonchev–Trinajstić information content (AvgIpc) is 3.07. The highest BCUT2D eigenvalue weighted by atomic mass is 16.5. The van der Waals surface area contributed by atoms with Gasteiger partial charge in [0.05, 0.1) is 17.7 Å². The van der Waals surface area contributed by atoms with E-state index in [-0.39, 0.29) is 17.8 Å². The molecule has 0 aliphatic rings. The normalized spacial score (nSPS) is 10.9. The third-order valence-electron chi connectivity index (χ3n) is 4.07. The Morgan fingerprint density at radius 3 is 2.70 bits per heavy atom. The minimum absolute atomic E-state index is 0.115. The van der Waals surface area contributed by atoms with Gasteiger partial charge in [-0.3, -0.25) is 9.89 Å². The second kappa shape index (κ2) is 8.25. The van der Waals surface area contributed by atoms with Crippen LogP contribution in [0.5, 0.6) is 0 Å². The van der Waals surface area contributed by atoms with Crippen molar-refractivity contribution in [3.63, 3.8) is 0 Å². The molecule has 0 radical (unpaired) electrons. The number of nitrogen functional groups attached to an aromatic ring is 1. The van der Waals surface area contributed by atoms with E-state index in [0.717, 1.165) is 27.6 Å². The number of nitrogens with one attached hydrogen (secondary N) is 2. The Kier molecular flexibility index (Phi) is 5.74. The number of nitrogens with two attached hydrogens (primary N) is 1. The molecule has 8 heteroatoms. The SMILES string of the molecule is CCOC(=O)C(=O)Nc1cc(-c2cc(C#CC(C)(C)C)c3[nH]nc(N)c3c2)ccn1. The third kappa shape index (κ3) is 4.75. The van der Waals surface area contributed by atoms with Gasteiger partial charge in [0.15, 0.2) is 5.82 Å². The first-order valence-corrected chi connectivity index (χ1v) is 9.43. The molecule has 2 aromatic heterocycles. The molecule has 0 atom stereocenters. The fraction of sp³-hybridized carbons (Fsp3) is 0.273. The molecule has 0 spiro atoms. The van der Waals surface area contributed by atoms with Crippen LogP contribution < -0.4 is 11.1 Å². The molecule has 30 heavy (non-hydrogen) atoms. The van der Waals surface area contributed by atoms with E-state index < -0.39 is 11.9 Å². The maximum Gasteiger partial charge on any atom is 0.397 e. The van der Waals surface area contributed by atoms with E-state index >= 15 is 0 Å². The largest absolute Gasteiger partial charge is 0.459 e. The van der Waals surface area contributed by atoms with Crippen molar-refractivity contribution in [1.82, 2.24) is 15.2 Å². The summed E-state index contributed by atoms with van der Waals surface area (Å²) in [6.07, 6.45) is 1.54. The van der Waals surface area contributed by atoms with Crippen LogP contribution in [0.1, 0.15) is 33.3 Å². The van der Waals surface area contributed by atoms with Crippen LogP contribution in [0.25, 0.3) is 22.0 Å². The van der Waals surface area contributed by atoms with Gasteiger partial charge in [0.2, 0.25) is 0 Å². The van der Waals surface area contributed by atoms with Crippen molar-refractivity contribution in [2.75, 3.05) is 17.7 Å². The lowest BCUT2D eigenvalue weighted by atomic mass is 9.96. The van der Waals surface area contributed by atoms with Gasteiger partial charge in [-0.15, -0.1) is 0 Å².